The molecule has 2 heteroatoms. The molecule has 1 heterocycles. The van der Waals surface area contributed by atoms with Crippen molar-refractivity contribution in [2.75, 3.05) is 4.90 Å². The first kappa shape index (κ1) is 31.6. The Morgan fingerprint density at radius 2 is 1.00 bits per heavy atom. The summed E-state index contributed by atoms with van der Waals surface area (Å²) in [7, 11) is 0. The molecule has 0 bridgehead atoms. The molecule has 0 N–H and O–H groups in total. The van der Waals surface area contributed by atoms with E-state index in [2.05, 4.69) is 207 Å². The highest BCUT2D eigenvalue weighted by Gasteiger charge is 2.35. The molecule has 0 fully saturated rings. The summed E-state index contributed by atoms with van der Waals surface area (Å²) < 4.78 is 6.61. The van der Waals surface area contributed by atoms with Gasteiger partial charge in [0.2, 0.25) is 0 Å². The van der Waals surface area contributed by atoms with Gasteiger partial charge in [-0.15, -0.1) is 0 Å². The van der Waals surface area contributed by atoms with Gasteiger partial charge in [-0.1, -0.05) is 153 Å². The van der Waals surface area contributed by atoms with Crippen LogP contribution in [0.3, 0.4) is 0 Å². The molecule has 0 radical (unpaired) electrons. The van der Waals surface area contributed by atoms with E-state index in [4.69, 9.17) is 4.42 Å². The van der Waals surface area contributed by atoms with Crippen molar-refractivity contribution in [1.29, 1.82) is 0 Å². The summed E-state index contributed by atoms with van der Waals surface area (Å²) in [6.07, 6.45) is 0. The Bertz CT molecular complexity index is 3110. The molecule has 55 heavy (non-hydrogen) atoms. The van der Waals surface area contributed by atoms with E-state index in [0.717, 1.165) is 44.7 Å². The van der Waals surface area contributed by atoms with Gasteiger partial charge in [-0.3, -0.25) is 0 Å². The van der Waals surface area contributed by atoms with E-state index in [1.807, 2.05) is 0 Å². The number of para-hydroxylation sites is 1. The first-order valence-electron chi connectivity index (χ1n) is 19.1. The lowest BCUT2D eigenvalue weighted by Gasteiger charge is -2.27. The van der Waals surface area contributed by atoms with Crippen LogP contribution in [0, 0.1) is 0 Å². The molecule has 0 aliphatic heterocycles. The van der Waals surface area contributed by atoms with E-state index in [-0.39, 0.29) is 5.41 Å². The van der Waals surface area contributed by atoms with Crippen LogP contribution < -0.4 is 4.90 Å². The topological polar surface area (TPSA) is 16.4 Å². The number of nitrogens with zero attached hydrogens (tertiary/aromatic N) is 1. The lowest BCUT2D eigenvalue weighted by Crippen LogP contribution is -2.15. The van der Waals surface area contributed by atoms with E-state index >= 15 is 0 Å². The first-order valence-corrected chi connectivity index (χ1v) is 19.1. The van der Waals surface area contributed by atoms with Gasteiger partial charge in [-0.05, 0) is 109 Å². The van der Waals surface area contributed by atoms with Crippen LogP contribution >= 0.6 is 0 Å². The van der Waals surface area contributed by atoms with Crippen molar-refractivity contribution in [3.05, 3.63) is 199 Å². The molecule has 2 nitrogen and oxygen atoms in total. The fraction of sp³-hybridized carbons (Fsp3) is 0.0566. The maximum Gasteiger partial charge on any atom is 0.143 e. The van der Waals surface area contributed by atoms with Crippen LogP contribution in [-0.4, -0.2) is 0 Å². The minimum atomic E-state index is -0.0532. The Kier molecular flexibility index (Phi) is 6.93. The quantitative estimate of drug-likeness (QED) is 0.177. The van der Waals surface area contributed by atoms with Crippen molar-refractivity contribution in [3.8, 4) is 33.4 Å². The number of fused-ring (bicyclic) bond motifs is 9. The van der Waals surface area contributed by atoms with Crippen molar-refractivity contribution >= 4 is 60.5 Å². The molecule has 0 saturated carbocycles. The minimum Gasteiger partial charge on any atom is -0.455 e. The van der Waals surface area contributed by atoms with Gasteiger partial charge in [0, 0.05) is 38.8 Å². The molecule has 11 rings (SSSR count). The van der Waals surface area contributed by atoms with Gasteiger partial charge in [0.1, 0.15) is 11.2 Å². The number of anilines is 3. The third-order valence-corrected chi connectivity index (χ3v) is 11.9. The van der Waals surface area contributed by atoms with Gasteiger partial charge in [0.15, 0.2) is 0 Å². The predicted octanol–water partition coefficient (Wildman–Crippen LogP) is 15.0. The van der Waals surface area contributed by atoms with Gasteiger partial charge in [-0.2, -0.15) is 0 Å². The molecular formula is C53H37NO. The van der Waals surface area contributed by atoms with Gasteiger partial charge in [-0.25, -0.2) is 0 Å². The summed E-state index contributed by atoms with van der Waals surface area (Å²) in [4.78, 5) is 2.38. The fourth-order valence-electron chi connectivity index (χ4n) is 9.05. The molecule has 10 aromatic rings. The van der Waals surface area contributed by atoms with E-state index in [0.29, 0.717) is 0 Å². The SMILES string of the molecule is CC1(C)c2ccccc2-c2cc(N(c3ccc(-c4ccc5ccccc5c4)cc3)c3ccc(-c4cccc5c4oc4ccc6ccccc6c45)cc3)ccc21. The van der Waals surface area contributed by atoms with Crippen LogP contribution in [0.4, 0.5) is 17.1 Å². The maximum atomic E-state index is 6.61. The van der Waals surface area contributed by atoms with Gasteiger partial charge < -0.3 is 9.32 Å². The lowest BCUT2D eigenvalue weighted by molar-refractivity contribution is 0.660. The average molecular weight is 704 g/mol. The van der Waals surface area contributed by atoms with Crippen molar-refractivity contribution in [1.82, 2.24) is 0 Å². The molecule has 0 saturated heterocycles. The molecule has 9 aromatic carbocycles. The van der Waals surface area contributed by atoms with Crippen molar-refractivity contribution in [2.45, 2.75) is 19.3 Å². The zero-order valence-corrected chi connectivity index (χ0v) is 30.8. The zero-order chi connectivity index (χ0) is 36.7. The number of furan rings is 1. The molecule has 1 aliphatic rings. The molecule has 0 atom stereocenters. The Hall–Kier alpha value is -6.90. The number of rotatable bonds is 5. The number of hydrogen-bond acceptors (Lipinski definition) is 2. The van der Waals surface area contributed by atoms with Gasteiger partial charge >= 0.3 is 0 Å². The van der Waals surface area contributed by atoms with Crippen LogP contribution in [0.15, 0.2) is 192 Å². The Morgan fingerprint density at radius 1 is 0.400 bits per heavy atom. The van der Waals surface area contributed by atoms with Gasteiger partial charge in [0.05, 0.1) is 0 Å². The Balaban J connectivity index is 1.03. The lowest BCUT2D eigenvalue weighted by atomic mass is 9.82. The van der Waals surface area contributed by atoms with Gasteiger partial charge in [0.25, 0.3) is 0 Å². The van der Waals surface area contributed by atoms with E-state index < -0.39 is 0 Å². The molecule has 260 valence electrons. The zero-order valence-electron chi connectivity index (χ0n) is 30.8. The summed E-state index contributed by atoms with van der Waals surface area (Å²) >= 11 is 0. The van der Waals surface area contributed by atoms with Crippen LogP contribution in [0.5, 0.6) is 0 Å². The fourth-order valence-corrected chi connectivity index (χ4v) is 9.05. The number of benzene rings is 9. The highest BCUT2D eigenvalue weighted by Crippen LogP contribution is 2.51. The standard InChI is InChI=1S/C53H37NO/c1-53(2)48-17-8-7-14-45(48)47-33-42(29-30-49(47)53)54(40-25-20-35(21-26-40)39-19-18-34-10-3-4-12-38(34)32-39)41-27-22-37(23-28-41)44-15-9-16-46-51-43-13-6-5-11-36(43)24-31-50(51)55-52(44)46/h3-33H,1-2H3. The summed E-state index contributed by atoms with van der Waals surface area (Å²) in [6.45, 7) is 4.68. The van der Waals surface area contributed by atoms with Crippen molar-refractivity contribution < 1.29 is 4.42 Å². The summed E-state index contributed by atoms with van der Waals surface area (Å²) in [5.74, 6) is 0. The normalized spacial score (nSPS) is 13.1. The molecule has 0 amide bonds. The molecule has 1 aliphatic carbocycles. The van der Waals surface area contributed by atoms with E-state index in [1.54, 1.807) is 0 Å². The molecule has 0 unspecified atom stereocenters. The molecule has 1 aromatic heterocycles. The first-order chi connectivity index (χ1) is 27.0. The Morgan fingerprint density at radius 3 is 1.82 bits per heavy atom. The largest absolute Gasteiger partial charge is 0.455 e. The second-order valence-electron chi connectivity index (χ2n) is 15.3. The van der Waals surface area contributed by atoms with Crippen molar-refractivity contribution in [3.63, 3.8) is 0 Å². The monoisotopic (exact) mass is 703 g/mol. The summed E-state index contributed by atoms with van der Waals surface area (Å²) in [6, 6.07) is 68.4. The summed E-state index contributed by atoms with van der Waals surface area (Å²) in [5, 5.41) is 7.25. The van der Waals surface area contributed by atoms with Crippen LogP contribution in [0.1, 0.15) is 25.0 Å². The van der Waals surface area contributed by atoms with Crippen LogP contribution in [0.25, 0.3) is 76.9 Å². The molecule has 0 spiro atoms. The highest BCUT2D eigenvalue weighted by molar-refractivity contribution is 6.20. The minimum absolute atomic E-state index is 0.0532. The second kappa shape index (κ2) is 12.1. The average Bonchev–Trinajstić information content (AvgIpc) is 3.74. The van der Waals surface area contributed by atoms with Crippen LogP contribution in [0.2, 0.25) is 0 Å². The Labute approximate surface area is 320 Å². The van der Waals surface area contributed by atoms with E-state index in [1.165, 1.54) is 60.3 Å². The van der Waals surface area contributed by atoms with Crippen LogP contribution in [-0.2, 0) is 5.41 Å². The maximum absolute atomic E-state index is 6.61. The number of hydrogen-bond donors (Lipinski definition) is 0. The summed E-state index contributed by atoms with van der Waals surface area (Å²) in [5.41, 5.74) is 15.1. The van der Waals surface area contributed by atoms with Crippen molar-refractivity contribution in [2.24, 2.45) is 0 Å². The molecular weight excluding hydrogens is 667 g/mol. The third-order valence-electron chi connectivity index (χ3n) is 11.9. The third kappa shape index (κ3) is 4.95. The smallest absolute Gasteiger partial charge is 0.143 e. The predicted molar refractivity (Wildman–Crippen MR) is 232 cm³/mol. The second-order valence-corrected chi connectivity index (χ2v) is 15.3. The highest BCUT2D eigenvalue weighted by atomic mass is 16.3. The van der Waals surface area contributed by atoms with E-state index in [9.17, 15) is 0 Å².